The molecule has 2 aromatic rings. The summed E-state index contributed by atoms with van der Waals surface area (Å²) in [5.74, 6) is -0.253. The monoisotopic (exact) mass is 360 g/mol. The Balaban J connectivity index is 1.58. The van der Waals surface area contributed by atoms with Crippen molar-refractivity contribution in [2.24, 2.45) is 0 Å². The van der Waals surface area contributed by atoms with Gasteiger partial charge in [0.05, 0.1) is 10.7 Å². The highest BCUT2D eigenvalue weighted by molar-refractivity contribution is 6.34. The van der Waals surface area contributed by atoms with Crippen molar-refractivity contribution < 1.29 is 9.59 Å². The second kappa shape index (κ2) is 7.70. The Morgan fingerprint density at radius 3 is 2.48 bits per heavy atom. The number of likely N-dealkylation sites (tertiary alicyclic amines) is 1. The normalized spacial score (nSPS) is 14.4. The highest BCUT2D eigenvalue weighted by atomic mass is 35.5. The summed E-state index contributed by atoms with van der Waals surface area (Å²) in [5, 5.41) is 9.69. The summed E-state index contributed by atoms with van der Waals surface area (Å²) in [6, 6.07) is 7.33. The molecule has 7 heteroatoms. The van der Waals surface area contributed by atoms with E-state index in [0.717, 1.165) is 31.5 Å². The molecular formula is C18H21ClN4O2. The molecule has 0 unspecified atom stereocenters. The second-order valence-corrected chi connectivity index (χ2v) is 6.62. The largest absolute Gasteiger partial charge is 0.347 e. The van der Waals surface area contributed by atoms with Crippen molar-refractivity contribution in [3.05, 3.63) is 51.8 Å². The lowest BCUT2D eigenvalue weighted by Gasteiger charge is -2.26. The summed E-state index contributed by atoms with van der Waals surface area (Å²) < 4.78 is 0. The molecule has 1 saturated heterocycles. The third-order valence-corrected chi connectivity index (χ3v) is 4.85. The molecule has 0 bridgehead atoms. The Morgan fingerprint density at radius 2 is 1.88 bits per heavy atom. The van der Waals surface area contributed by atoms with Crippen LogP contribution in [0.25, 0.3) is 0 Å². The fourth-order valence-corrected chi connectivity index (χ4v) is 3.05. The Morgan fingerprint density at radius 1 is 1.20 bits per heavy atom. The number of amides is 2. The number of carbonyl (C=O) groups is 2. The SMILES string of the molecule is Cc1[nH]nc(C(=O)NCc2ccc(C(=O)N3CCCCC3)cc2)c1Cl. The van der Waals surface area contributed by atoms with Crippen molar-refractivity contribution in [2.75, 3.05) is 13.1 Å². The van der Waals surface area contributed by atoms with E-state index in [2.05, 4.69) is 15.5 Å². The number of H-pyrrole nitrogens is 1. The minimum Gasteiger partial charge on any atom is -0.347 e. The molecule has 1 fully saturated rings. The highest BCUT2D eigenvalue weighted by Crippen LogP contribution is 2.17. The van der Waals surface area contributed by atoms with Crippen LogP contribution in [0, 0.1) is 6.92 Å². The van der Waals surface area contributed by atoms with Gasteiger partial charge in [-0.15, -0.1) is 0 Å². The molecule has 2 heterocycles. The van der Waals surface area contributed by atoms with Crippen LogP contribution in [-0.2, 0) is 6.54 Å². The number of hydrogen-bond donors (Lipinski definition) is 2. The molecule has 1 aromatic heterocycles. The third-order valence-electron chi connectivity index (χ3n) is 4.38. The highest BCUT2D eigenvalue weighted by Gasteiger charge is 2.18. The van der Waals surface area contributed by atoms with Gasteiger partial charge in [-0.1, -0.05) is 23.7 Å². The fourth-order valence-electron chi connectivity index (χ4n) is 2.88. The summed E-state index contributed by atoms with van der Waals surface area (Å²) in [6.07, 6.45) is 3.35. The van der Waals surface area contributed by atoms with Gasteiger partial charge in [0.2, 0.25) is 0 Å². The molecule has 6 nitrogen and oxygen atoms in total. The fraction of sp³-hybridized carbons (Fsp3) is 0.389. The molecule has 0 aliphatic carbocycles. The number of aromatic nitrogens is 2. The van der Waals surface area contributed by atoms with Gasteiger partial charge in [0.1, 0.15) is 0 Å². The van der Waals surface area contributed by atoms with E-state index < -0.39 is 0 Å². The zero-order chi connectivity index (χ0) is 17.8. The molecule has 132 valence electrons. The van der Waals surface area contributed by atoms with Crippen molar-refractivity contribution >= 4 is 23.4 Å². The maximum atomic E-state index is 12.4. The van der Waals surface area contributed by atoms with Crippen molar-refractivity contribution in [3.8, 4) is 0 Å². The molecule has 3 rings (SSSR count). The topological polar surface area (TPSA) is 78.1 Å². The summed E-state index contributed by atoms with van der Waals surface area (Å²) in [4.78, 5) is 26.4. The van der Waals surface area contributed by atoms with Crippen LogP contribution < -0.4 is 5.32 Å². The lowest BCUT2D eigenvalue weighted by atomic mass is 10.1. The van der Waals surface area contributed by atoms with Crippen LogP contribution >= 0.6 is 11.6 Å². The van der Waals surface area contributed by atoms with Crippen LogP contribution in [-0.4, -0.2) is 40.0 Å². The van der Waals surface area contributed by atoms with Crippen LogP contribution in [0.5, 0.6) is 0 Å². The zero-order valence-electron chi connectivity index (χ0n) is 14.1. The molecule has 25 heavy (non-hydrogen) atoms. The lowest BCUT2D eigenvalue weighted by molar-refractivity contribution is 0.0724. The average Bonchev–Trinajstić information content (AvgIpc) is 2.99. The molecule has 1 aliphatic rings. The Labute approximate surface area is 151 Å². The predicted octanol–water partition coefficient (Wildman–Crippen LogP) is 2.93. The predicted molar refractivity (Wildman–Crippen MR) is 95.7 cm³/mol. The number of piperidine rings is 1. The number of nitrogens with zero attached hydrogens (tertiary/aromatic N) is 2. The van der Waals surface area contributed by atoms with Crippen molar-refractivity contribution in [2.45, 2.75) is 32.7 Å². The number of aromatic amines is 1. The maximum Gasteiger partial charge on any atom is 0.273 e. The first-order valence-electron chi connectivity index (χ1n) is 8.43. The van der Waals surface area contributed by atoms with E-state index in [9.17, 15) is 9.59 Å². The number of halogens is 1. The summed E-state index contributed by atoms with van der Waals surface area (Å²) >= 11 is 6.02. The quantitative estimate of drug-likeness (QED) is 0.879. The lowest BCUT2D eigenvalue weighted by Crippen LogP contribution is -2.35. The number of nitrogens with one attached hydrogen (secondary N) is 2. The third kappa shape index (κ3) is 4.02. The number of aryl methyl sites for hydroxylation is 1. The van der Waals surface area contributed by atoms with Crippen LogP contribution in [0.3, 0.4) is 0 Å². The molecule has 2 amide bonds. The molecular weight excluding hydrogens is 340 g/mol. The molecule has 0 saturated carbocycles. The van der Waals surface area contributed by atoms with Crippen molar-refractivity contribution in [1.29, 1.82) is 0 Å². The first-order chi connectivity index (χ1) is 12.1. The molecule has 2 N–H and O–H groups in total. The first kappa shape index (κ1) is 17.5. The number of hydrogen-bond acceptors (Lipinski definition) is 3. The van der Waals surface area contributed by atoms with Gasteiger partial charge in [-0.3, -0.25) is 14.7 Å². The number of benzene rings is 1. The van der Waals surface area contributed by atoms with Gasteiger partial charge >= 0.3 is 0 Å². The van der Waals surface area contributed by atoms with Gasteiger partial charge in [0, 0.05) is 25.2 Å². The van der Waals surface area contributed by atoms with Crippen LogP contribution in [0.15, 0.2) is 24.3 Å². The van der Waals surface area contributed by atoms with E-state index in [1.54, 1.807) is 6.92 Å². The standard InChI is InChI=1S/C18H21ClN4O2/c1-12-15(19)16(22-21-12)17(24)20-11-13-5-7-14(8-6-13)18(25)23-9-3-2-4-10-23/h5-8H,2-4,9-11H2,1H3,(H,20,24)(H,21,22). The van der Waals surface area contributed by atoms with E-state index in [-0.39, 0.29) is 17.5 Å². The zero-order valence-corrected chi connectivity index (χ0v) is 14.9. The van der Waals surface area contributed by atoms with E-state index in [4.69, 9.17) is 11.6 Å². The van der Waals surface area contributed by atoms with Crippen LogP contribution in [0.4, 0.5) is 0 Å². The second-order valence-electron chi connectivity index (χ2n) is 6.24. The minimum atomic E-state index is -0.331. The van der Waals surface area contributed by atoms with Gasteiger partial charge in [0.25, 0.3) is 11.8 Å². The molecule has 0 atom stereocenters. The van der Waals surface area contributed by atoms with Gasteiger partial charge in [-0.05, 0) is 43.9 Å². The van der Waals surface area contributed by atoms with E-state index in [1.807, 2.05) is 29.2 Å². The summed E-state index contributed by atoms with van der Waals surface area (Å²) in [5.41, 5.74) is 2.44. The van der Waals surface area contributed by atoms with Gasteiger partial charge in [0.15, 0.2) is 5.69 Å². The van der Waals surface area contributed by atoms with Crippen molar-refractivity contribution in [3.63, 3.8) is 0 Å². The first-order valence-corrected chi connectivity index (χ1v) is 8.81. The van der Waals surface area contributed by atoms with Crippen LogP contribution in [0.1, 0.15) is 51.4 Å². The minimum absolute atomic E-state index is 0.0778. The number of carbonyl (C=O) groups excluding carboxylic acids is 2. The van der Waals surface area contributed by atoms with Crippen molar-refractivity contribution in [1.82, 2.24) is 20.4 Å². The van der Waals surface area contributed by atoms with Crippen LogP contribution in [0.2, 0.25) is 5.02 Å². The number of rotatable bonds is 4. The maximum absolute atomic E-state index is 12.4. The van der Waals surface area contributed by atoms with Gasteiger partial charge < -0.3 is 10.2 Å². The summed E-state index contributed by atoms with van der Waals surface area (Å²) in [6.45, 7) is 3.77. The Bertz CT molecular complexity index is 764. The van der Waals surface area contributed by atoms with Gasteiger partial charge in [-0.25, -0.2) is 0 Å². The Hall–Kier alpha value is -2.34. The molecule has 1 aromatic carbocycles. The summed E-state index contributed by atoms with van der Waals surface area (Å²) in [7, 11) is 0. The van der Waals surface area contributed by atoms with E-state index >= 15 is 0 Å². The van der Waals surface area contributed by atoms with E-state index in [1.165, 1.54) is 6.42 Å². The van der Waals surface area contributed by atoms with Gasteiger partial charge in [-0.2, -0.15) is 5.10 Å². The molecule has 0 spiro atoms. The molecule has 0 radical (unpaired) electrons. The van der Waals surface area contributed by atoms with E-state index in [0.29, 0.717) is 22.8 Å². The average molecular weight is 361 g/mol. The smallest absolute Gasteiger partial charge is 0.273 e. The Kier molecular flexibility index (Phi) is 5.38. The molecule has 1 aliphatic heterocycles.